The molecule has 1 N–H and O–H groups in total. The molecule has 0 fully saturated rings. The van der Waals surface area contributed by atoms with Crippen LogP contribution in [0.15, 0.2) is 5.10 Å². The van der Waals surface area contributed by atoms with Gasteiger partial charge in [0.2, 0.25) is 5.91 Å². The summed E-state index contributed by atoms with van der Waals surface area (Å²) in [7, 11) is 0. The second-order valence-electron chi connectivity index (χ2n) is 4.42. The molecule has 1 amide bonds. The molecule has 14 heavy (non-hydrogen) atoms. The van der Waals surface area contributed by atoms with Crippen molar-refractivity contribution in [3.63, 3.8) is 0 Å². The van der Waals surface area contributed by atoms with E-state index in [1.807, 2.05) is 0 Å². The number of nitrogens with one attached hydrogen (secondary N) is 1. The Morgan fingerprint density at radius 1 is 1.21 bits per heavy atom. The third-order valence-corrected chi connectivity index (χ3v) is 1.53. The largest absolute Gasteiger partial charge is 0.300 e. The summed E-state index contributed by atoms with van der Waals surface area (Å²) in [6.45, 7) is 8.61. The highest BCUT2D eigenvalue weighted by atomic mass is 16.2. The summed E-state index contributed by atoms with van der Waals surface area (Å²) in [4.78, 5) is 22.1. The van der Waals surface area contributed by atoms with E-state index >= 15 is 0 Å². The predicted molar refractivity (Wildman–Crippen MR) is 56.0 cm³/mol. The number of Topliss-reactive ketones (excluding diaryl/α,β-unsaturated/α-hetero) is 1. The second-order valence-corrected chi connectivity index (χ2v) is 4.42. The normalized spacial score (nSPS) is 12.5. The van der Waals surface area contributed by atoms with Crippen LogP contribution in [0, 0.1) is 5.41 Å². The highest BCUT2D eigenvalue weighted by molar-refractivity contribution is 6.00. The summed E-state index contributed by atoms with van der Waals surface area (Å²) in [6, 6.07) is 0. The van der Waals surface area contributed by atoms with Gasteiger partial charge in [0.25, 0.3) is 0 Å². The third kappa shape index (κ3) is 5.45. The first-order valence-corrected chi connectivity index (χ1v) is 4.56. The smallest absolute Gasteiger partial charge is 0.245 e. The summed E-state index contributed by atoms with van der Waals surface area (Å²) in [5.74, 6) is -0.114. The van der Waals surface area contributed by atoms with E-state index in [0.29, 0.717) is 5.71 Å². The topological polar surface area (TPSA) is 58.5 Å². The minimum atomic E-state index is -0.458. The van der Waals surface area contributed by atoms with E-state index in [-0.39, 0.29) is 18.1 Å². The van der Waals surface area contributed by atoms with Crippen LogP contribution in [0.4, 0.5) is 0 Å². The van der Waals surface area contributed by atoms with Crippen LogP contribution in [0.25, 0.3) is 0 Å². The maximum atomic E-state index is 11.4. The van der Waals surface area contributed by atoms with Gasteiger partial charge < -0.3 is 0 Å². The van der Waals surface area contributed by atoms with Crippen molar-refractivity contribution in [1.82, 2.24) is 5.43 Å². The van der Waals surface area contributed by atoms with Crippen LogP contribution >= 0.6 is 0 Å². The molecule has 4 heteroatoms. The minimum Gasteiger partial charge on any atom is -0.300 e. The van der Waals surface area contributed by atoms with Crippen molar-refractivity contribution in [3.8, 4) is 0 Å². The number of hydrogen-bond donors (Lipinski definition) is 1. The Bertz CT molecular complexity index is 262. The van der Waals surface area contributed by atoms with Crippen molar-refractivity contribution in [1.29, 1.82) is 0 Å². The summed E-state index contributed by atoms with van der Waals surface area (Å²) < 4.78 is 0. The number of carbonyl (C=O) groups excluding carboxylic acids is 2. The van der Waals surface area contributed by atoms with Gasteiger partial charge in [-0.1, -0.05) is 20.8 Å². The molecule has 0 saturated heterocycles. The van der Waals surface area contributed by atoms with Crippen molar-refractivity contribution in [2.75, 3.05) is 0 Å². The zero-order valence-electron chi connectivity index (χ0n) is 9.47. The van der Waals surface area contributed by atoms with Gasteiger partial charge in [-0.2, -0.15) is 5.10 Å². The fourth-order valence-corrected chi connectivity index (χ4v) is 0.714. The van der Waals surface area contributed by atoms with Gasteiger partial charge in [-0.05, 0) is 13.8 Å². The van der Waals surface area contributed by atoms with Crippen LogP contribution < -0.4 is 5.43 Å². The molecule has 0 unspecified atom stereocenters. The fraction of sp³-hybridized carbons (Fsp3) is 0.700. The molecule has 0 spiro atoms. The van der Waals surface area contributed by atoms with Crippen molar-refractivity contribution in [2.24, 2.45) is 10.5 Å². The van der Waals surface area contributed by atoms with E-state index in [2.05, 4.69) is 10.5 Å². The molecule has 0 aliphatic carbocycles. The summed E-state index contributed by atoms with van der Waals surface area (Å²) in [5, 5.41) is 3.83. The molecule has 0 radical (unpaired) electrons. The minimum absolute atomic E-state index is 0.0382. The van der Waals surface area contributed by atoms with Gasteiger partial charge >= 0.3 is 0 Å². The SMILES string of the molecule is CC(=O)CC(C)=NNC(=O)C(C)(C)C. The van der Waals surface area contributed by atoms with Crippen LogP contribution in [-0.2, 0) is 9.59 Å². The number of ketones is 1. The van der Waals surface area contributed by atoms with Crippen molar-refractivity contribution in [3.05, 3.63) is 0 Å². The number of nitrogens with zero attached hydrogens (tertiary/aromatic N) is 1. The Hall–Kier alpha value is -1.19. The van der Waals surface area contributed by atoms with Crippen LogP contribution in [0.1, 0.15) is 41.0 Å². The standard InChI is InChI=1S/C10H18N2O2/c1-7(6-8(2)13)11-12-9(14)10(3,4)5/h6H2,1-5H3,(H,12,14). The van der Waals surface area contributed by atoms with Crippen molar-refractivity contribution in [2.45, 2.75) is 41.0 Å². The Morgan fingerprint density at radius 3 is 2.07 bits per heavy atom. The Morgan fingerprint density at radius 2 is 1.71 bits per heavy atom. The molecule has 0 aromatic heterocycles. The molecule has 0 aromatic carbocycles. The molecule has 0 heterocycles. The van der Waals surface area contributed by atoms with E-state index in [0.717, 1.165) is 0 Å². The van der Waals surface area contributed by atoms with Gasteiger partial charge in [-0.15, -0.1) is 0 Å². The maximum absolute atomic E-state index is 11.4. The quantitative estimate of drug-likeness (QED) is 0.552. The number of rotatable bonds is 3. The molecule has 0 aliphatic rings. The van der Waals surface area contributed by atoms with Gasteiger partial charge in [0, 0.05) is 17.5 Å². The predicted octanol–water partition coefficient (Wildman–Crippen LogP) is 1.50. The fourth-order valence-electron chi connectivity index (χ4n) is 0.714. The third-order valence-electron chi connectivity index (χ3n) is 1.53. The highest BCUT2D eigenvalue weighted by Gasteiger charge is 2.20. The van der Waals surface area contributed by atoms with Gasteiger partial charge in [0.15, 0.2) is 0 Å². The lowest BCUT2D eigenvalue weighted by molar-refractivity contribution is -0.128. The average molecular weight is 198 g/mol. The van der Waals surface area contributed by atoms with Crippen LogP contribution in [0.3, 0.4) is 0 Å². The van der Waals surface area contributed by atoms with E-state index in [4.69, 9.17) is 0 Å². The van der Waals surface area contributed by atoms with Crippen molar-refractivity contribution >= 4 is 17.4 Å². The first kappa shape index (κ1) is 12.8. The lowest BCUT2D eigenvalue weighted by atomic mass is 9.96. The van der Waals surface area contributed by atoms with Gasteiger partial charge in [0.05, 0.1) is 0 Å². The Labute approximate surface area is 84.8 Å². The second kappa shape index (κ2) is 4.88. The monoisotopic (exact) mass is 198 g/mol. The number of hydrazone groups is 1. The highest BCUT2D eigenvalue weighted by Crippen LogP contribution is 2.12. The van der Waals surface area contributed by atoms with E-state index in [1.165, 1.54) is 6.92 Å². The lowest BCUT2D eigenvalue weighted by Gasteiger charge is -2.15. The van der Waals surface area contributed by atoms with Crippen molar-refractivity contribution < 1.29 is 9.59 Å². The zero-order valence-corrected chi connectivity index (χ0v) is 9.47. The van der Waals surface area contributed by atoms with E-state index < -0.39 is 5.41 Å². The summed E-state index contributed by atoms with van der Waals surface area (Å²) >= 11 is 0. The van der Waals surface area contributed by atoms with E-state index in [9.17, 15) is 9.59 Å². The number of amides is 1. The zero-order chi connectivity index (χ0) is 11.4. The molecule has 80 valence electrons. The summed E-state index contributed by atoms with van der Waals surface area (Å²) in [5.41, 5.74) is 2.59. The summed E-state index contributed by atoms with van der Waals surface area (Å²) in [6.07, 6.45) is 0.282. The molecule has 0 atom stereocenters. The van der Waals surface area contributed by atoms with Gasteiger partial charge in [0.1, 0.15) is 5.78 Å². The van der Waals surface area contributed by atoms with Gasteiger partial charge in [-0.25, -0.2) is 5.43 Å². The first-order chi connectivity index (χ1) is 6.23. The lowest BCUT2D eigenvalue weighted by Crippen LogP contribution is -2.32. The first-order valence-electron chi connectivity index (χ1n) is 4.56. The number of carbonyl (C=O) groups is 2. The Balaban J connectivity index is 4.16. The molecule has 0 aliphatic heterocycles. The molecular weight excluding hydrogens is 180 g/mol. The molecular formula is C10H18N2O2. The van der Waals surface area contributed by atoms with E-state index in [1.54, 1.807) is 27.7 Å². The maximum Gasteiger partial charge on any atom is 0.245 e. The van der Waals surface area contributed by atoms with Crippen LogP contribution in [-0.4, -0.2) is 17.4 Å². The molecule has 0 saturated carbocycles. The average Bonchev–Trinajstić information content (AvgIpc) is 1.96. The van der Waals surface area contributed by atoms with Crippen LogP contribution in [0.2, 0.25) is 0 Å². The van der Waals surface area contributed by atoms with Gasteiger partial charge in [-0.3, -0.25) is 9.59 Å². The molecule has 4 nitrogen and oxygen atoms in total. The van der Waals surface area contributed by atoms with Crippen LogP contribution in [0.5, 0.6) is 0 Å². The Kier molecular flexibility index (Phi) is 4.47. The molecule has 0 bridgehead atoms. The molecule has 0 rings (SSSR count). The molecule has 0 aromatic rings. The number of hydrogen-bond acceptors (Lipinski definition) is 3.